The van der Waals surface area contributed by atoms with E-state index in [1.807, 2.05) is 6.08 Å². The maximum absolute atomic E-state index is 6.38. The van der Waals surface area contributed by atoms with Crippen molar-refractivity contribution in [3.63, 3.8) is 0 Å². The Morgan fingerprint density at radius 1 is 0.812 bits per heavy atom. The van der Waals surface area contributed by atoms with Crippen LogP contribution < -0.4 is 5.32 Å². The first-order valence-electron chi connectivity index (χ1n) is 11.5. The Kier molecular flexibility index (Phi) is 5.83. The van der Waals surface area contributed by atoms with Gasteiger partial charge in [-0.2, -0.15) is 0 Å². The predicted octanol–water partition coefficient (Wildman–Crippen LogP) is 6.16. The Morgan fingerprint density at radius 2 is 1.31 bits per heavy atom. The highest BCUT2D eigenvalue weighted by molar-refractivity contribution is 5.52. The predicted molar refractivity (Wildman–Crippen MR) is 130 cm³/mol. The van der Waals surface area contributed by atoms with Crippen molar-refractivity contribution in [3.05, 3.63) is 132 Å². The van der Waals surface area contributed by atoms with Crippen LogP contribution in [-0.2, 0) is 10.3 Å². The summed E-state index contributed by atoms with van der Waals surface area (Å²) in [5.74, 6) is 0. The number of ether oxygens (including phenoxy) is 1. The summed E-state index contributed by atoms with van der Waals surface area (Å²) in [6, 6.07) is 32.5. The van der Waals surface area contributed by atoms with E-state index < -0.39 is 5.54 Å². The molecule has 5 rings (SSSR count). The molecule has 1 atom stereocenters. The van der Waals surface area contributed by atoms with Crippen molar-refractivity contribution in [3.8, 4) is 0 Å². The topological polar surface area (TPSA) is 24.5 Å². The molecule has 1 unspecified atom stereocenters. The highest BCUT2D eigenvalue weighted by atomic mass is 16.5. The molecule has 3 nitrogen and oxygen atoms in total. The molecule has 1 N–H and O–H groups in total. The number of allylic oxidation sites excluding steroid dienone is 2. The van der Waals surface area contributed by atoms with E-state index in [-0.39, 0.29) is 6.35 Å². The fraction of sp³-hybridized carbons (Fsp3) is 0.241. The minimum absolute atomic E-state index is 0.267. The van der Waals surface area contributed by atoms with E-state index in [4.69, 9.17) is 4.74 Å². The van der Waals surface area contributed by atoms with Gasteiger partial charge >= 0.3 is 0 Å². The quantitative estimate of drug-likeness (QED) is 0.365. The summed E-state index contributed by atoms with van der Waals surface area (Å²) < 4.78 is 6.38. The van der Waals surface area contributed by atoms with Gasteiger partial charge in [0.05, 0.1) is 6.61 Å². The maximum atomic E-state index is 6.38. The standard InChI is InChI=1S/C29H30N2O/c1-2-22-32-28-30-26-20-12-13-21-27(26)31(28)29(23-14-6-3-7-15-23,24-16-8-4-9-17-24)25-18-10-5-11-19-25/h2-11,14-19,28,30H,1,12-13,20-22H2. The van der Waals surface area contributed by atoms with Gasteiger partial charge in [-0.3, -0.25) is 0 Å². The van der Waals surface area contributed by atoms with Crippen molar-refractivity contribution in [1.29, 1.82) is 0 Å². The molecule has 3 aromatic rings. The summed E-state index contributed by atoms with van der Waals surface area (Å²) >= 11 is 0. The highest BCUT2D eigenvalue weighted by Gasteiger charge is 2.50. The third kappa shape index (κ3) is 3.43. The first-order chi connectivity index (χ1) is 15.9. The molecule has 3 heteroatoms. The summed E-state index contributed by atoms with van der Waals surface area (Å²) in [7, 11) is 0. The zero-order valence-corrected chi connectivity index (χ0v) is 18.4. The van der Waals surface area contributed by atoms with Crippen molar-refractivity contribution in [2.75, 3.05) is 6.61 Å². The lowest BCUT2D eigenvalue weighted by Crippen LogP contribution is -2.54. The summed E-state index contributed by atoms with van der Waals surface area (Å²) in [6.45, 7) is 4.38. The molecule has 1 aliphatic heterocycles. The Balaban J connectivity index is 1.82. The maximum Gasteiger partial charge on any atom is 0.209 e. The van der Waals surface area contributed by atoms with Crippen molar-refractivity contribution < 1.29 is 4.74 Å². The van der Waals surface area contributed by atoms with Crippen LogP contribution in [0.25, 0.3) is 0 Å². The number of benzene rings is 3. The number of nitrogens with zero attached hydrogens (tertiary/aromatic N) is 1. The Hall–Kier alpha value is -3.30. The summed E-state index contributed by atoms with van der Waals surface area (Å²) in [5.41, 5.74) is 5.83. The number of hydrogen-bond donors (Lipinski definition) is 1. The van der Waals surface area contributed by atoms with Crippen LogP contribution in [0.3, 0.4) is 0 Å². The van der Waals surface area contributed by atoms with Crippen LogP contribution in [0.15, 0.2) is 115 Å². The number of rotatable bonds is 7. The van der Waals surface area contributed by atoms with Crippen molar-refractivity contribution >= 4 is 0 Å². The molecule has 0 saturated carbocycles. The Morgan fingerprint density at radius 3 is 1.81 bits per heavy atom. The average molecular weight is 423 g/mol. The van der Waals surface area contributed by atoms with Crippen LogP contribution in [0, 0.1) is 0 Å². The largest absolute Gasteiger partial charge is 0.345 e. The minimum Gasteiger partial charge on any atom is -0.345 e. The second kappa shape index (κ2) is 9.05. The van der Waals surface area contributed by atoms with Crippen LogP contribution in [0.1, 0.15) is 42.4 Å². The molecule has 0 amide bonds. The van der Waals surface area contributed by atoms with Gasteiger partial charge in [-0.25, -0.2) is 0 Å². The van der Waals surface area contributed by atoms with E-state index >= 15 is 0 Å². The van der Waals surface area contributed by atoms with Gasteiger partial charge in [-0.1, -0.05) is 97.1 Å². The molecule has 0 saturated heterocycles. The molecule has 32 heavy (non-hydrogen) atoms. The van der Waals surface area contributed by atoms with Crippen LogP contribution in [0.4, 0.5) is 0 Å². The van der Waals surface area contributed by atoms with Crippen LogP contribution in [-0.4, -0.2) is 17.9 Å². The van der Waals surface area contributed by atoms with Crippen LogP contribution in [0.2, 0.25) is 0 Å². The van der Waals surface area contributed by atoms with E-state index in [1.165, 1.54) is 40.9 Å². The number of nitrogens with one attached hydrogen (secondary N) is 1. The third-order valence-corrected chi connectivity index (χ3v) is 6.57. The third-order valence-electron chi connectivity index (χ3n) is 6.57. The van der Waals surface area contributed by atoms with Gasteiger partial charge in [0.2, 0.25) is 6.35 Å². The van der Waals surface area contributed by atoms with Gasteiger partial charge in [-0.15, -0.1) is 6.58 Å². The lowest BCUT2D eigenvalue weighted by Gasteiger charge is -2.48. The minimum atomic E-state index is -0.531. The van der Waals surface area contributed by atoms with Gasteiger partial charge < -0.3 is 15.0 Å². The number of hydrogen-bond acceptors (Lipinski definition) is 3. The highest BCUT2D eigenvalue weighted by Crippen LogP contribution is 2.49. The molecule has 3 aromatic carbocycles. The Labute approximate surface area is 191 Å². The summed E-state index contributed by atoms with van der Waals surface area (Å²) in [6.07, 6.45) is 6.07. The summed E-state index contributed by atoms with van der Waals surface area (Å²) in [4.78, 5) is 2.50. The van der Waals surface area contributed by atoms with Crippen molar-refractivity contribution in [2.24, 2.45) is 0 Å². The first-order valence-corrected chi connectivity index (χ1v) is 11.5. The average Bonchev–Trinajstić information content (AvgIpc) is 3.24. The molecule has 162 valence electrons. The van der Waals surface area contributed by atoms with E-state index in [1.54, 1.807) is 0 Å². The molecular weight excluding hydrogens is 392 g/mol. The monoisotopic (exact) mass is 422 g/mol. The van der Waals surface area contributed by atoms with Gasteiger partial charge in [0.15, 0.2) is 0 Å². The smallest absolute Gasteiger partial charge is 0.209 e. The Bertz CT molecular complexity index is 979. The van der Waals surface area contributed by atoms with E-state index in [0.717, 1.165) is 12.8 Å². The first kappa shape index (κ1) is 20.6. The van der Waals surface area contributed by atoms with Gasteiger partial charge in [0, 0.05) is 11.4 Å². The lowest BCUT2D eigenvalue weighted by atomic mass is 9.75. The van der Waals surface area contributed by atoms with E-state index in [9.17, 15) is 0 Å². The SMILES string of the molecule is C=CCOC1NC2=C(CCCC2)N1C(c1ccccc1)(c1ccccc1)c1ccccc1. The molecule has 1 heterocycles. The summed E-state index contributed by atoms with van der Waals surface area (Å²) in [5, 5.41) is 3.73. The normalized spacial score (nSPS) is 18.2. The molecule has 0 bridgehead atoms. The second-order valence-corrected chi connectivity index (χ2v) is 8.43. The van der Waals surface area contributed by atoms with Crippen LogP contribution >= 0.6 is 0 Å². The van der Waals surface area contributed by atoms with Gasteiger partial charge in [0.1, 0.15) is 5.54 Å². The fourth-order valence-electron chi connectivity index (χ4n) is 5.27. The molecule has 0 fully saturated rings. The van der Waals surface area contributed by atoms with Gasteiger partial charge in [0.25, 0.3) is 0 Å². The molecule has 2 aliphatic rings. The molecule has 1 aliphatic carbocycles. The molecule has 0 spiro atoms. The zero-order valence-electron chi connectivity index (χ0n) is 18.4. The zero-order chi connectivity index (χ0) is 21.8. The van der Waals surface area contributed by atoms with Gasteiger partial charge in [-0.05, 0) is 42.4 Å². The van der Waals surface area contributed by atoms with Crippen molar-refractivity contribution in [1.82, 2.24) is 10.2 Å². The molecule has 0 radical (unpaired) electrons. The lowest BCUT2D eigenvalue weighted by molar-refractivity contribution is -0.0646. The van der Waals surface area contributed by atoms with Crippen LogP contribution in [0.5, 0.6) is 0 Å². The fourth-order valence-corrected chi connectivity index (χ4v) is 5.27. The second-order valence-electron chi connectivity index (χ2n) is 8.43. The van der Waals surface area contributed by atoms with Crippen molar-refractivity contribution in [2.45, 2.75) is 37.6 Å². The van der Waals surface area contributed by atoms with E-state index in [2.05, 4.69) is 108 Å². The van der Waals surface area contributed by atoms with E-state index in [0.29, 0.717) is 6.61 Å². The molecule has 0 aromatic heterocycles. The molecular formula is C29H30N2O.